The maximum atomic E-state index is 13.3. The number of carbonyl (C=O) groups is 2. The molecule has 9 nitrogen and oxygen atoms in total. The van der Waals surface area contributed by atoms with E-state index in [0.29, 0.717) is 29.5 Å². The number of halogens is 6. The molecule has 0 bridgehead atoms. The molecule has 236 valence electrons. The molecule has 0 saturated carbocycles. The molecule has 2 N–H and O–H groups in total. The number of aliphatic hydroxyl groups is 1. The summed E-state index contributed by atoms with van der Waals surface area (Å²) in [4.78, 5) is 34.5. The highest BCUT2D eigenvalue weighted by Gasteiger charge is 2.72. The molecule has 15 heteroatoms. The summed E-state index contributed by atoms with van der Waals surface area (Å²) < 4.78 is 90.8. The van der Waals surface area contributed by atoms with E-state index in [9.17, 15) is 41.0 Å². The second-order valence-electron chi connectivity index (χ2n) is 10.2. The van der Waals surface area contributed by atoms with E-state index in [1.54, 1.807) is 38.1 Å². The summed E-state index contributed by atoms with van der Waals surface area (Å²) in [6.07, 6.45) is -10.1. The summed E-state index contributed by atoms with van der Waals surface area (Å²) in [7, 11) is 1.45. The van der Waals surface area contributed by atoms with Gasteiger partial charge in [-0.2, -0.15) is 26.3 Å². The number of urea groups is 1. The van der Waals surface area contributed by atoms with Crippen LogP contribution in [0.25, 0.3) is 0 Å². The fourth-order valence-corrected chi connectivity index (χ4v) is 4.63. The second kappa shape index (κ2) is 11.9. The number of aryl methyl sites for hydroxylation is 1. The highest BCUT2D eigenvalue weighted by Crippen LogP contribution is 2.50. The van der Waals surface area contributed by atoms with Crippen molar-refractivity contribution in [2.45, 2.75) is 56.6 Å². The number of imide groups is 1. The fraction of sp³-hybridized carbons (Fsp3) is 0.379. The number of nitrogens with one attached hydrogen (secondary N) is 1. The number of benzene rings is 1. The Labute approximate surface area is 247 Å². The van der Waals surface area contributed by atoms with E-state index < -0.39 is 41.1 Å². The molecular formula is C29H28F6N4O5. The first-order chi connectivity index (χ1) is 20.5. The summed E-state index contributed by atoms with van der Waals surface area (Å²) >= 11 is 0. The number of amides is 3. The predicted molar refractivity (Wildman–Crippen MR) is 143 cm³/mol. The van der Waals surface area contributed by atoms with E-state index in [2.05, 4.69) is 15.3 Å². The molecule has 3 aromatic rings. The Hall–Kier alpha value is -4.40. The lowest BCUT2D eigenvalue weighted by atomic mass is 9.93. The Morgan fingerprint density at radius 3 is 2.16 bits per heavy atom. The first kappa shape index (κ1) is 32.5. The van der Waals surface area contributed by atoms with E-state index in [1.165, 1.54) is 25.4 Å². The van der Waals surface area contributed by atoms with E-state index in [4.69, 9.17) is 9.47 Å². The van der Waals surface area contributed by atoms with Gasteiger partial charge in [0.05, 0.1) is 18.5 Å². The summed E-state index contributed by atoms with van der Waals surface area (Å²) in [6.45, 7) is 3.27. The van der Waals surface area contributed by atoms with Crippen molar-refractivity contribution >= 4 is 11.9 Å². The van der Waals surface area contributed by atoms with Crippen LogP contribution in [-0.2, 0) is 28.8 Å². The molecule has 0 radical (unpaired) electrons. The van der Waals surface area contributed by atoms with Gasteiger partial charge in [0.15, 0.2) is 0 Å². The topological polar surface area (TPSA) is 114 Å². The first-order valence-electron chi connectivity index (χ1n) is 13.3. The average molecular weight is 627 g/mol. The molecule has 1 atom stereocenters. The van der Waals surface area contributed by atoms with Crippen LogP contribution < -0.4 is 14.8 Å². The predicted octanol–water partition coefficient (Wildman–Crippen LogP) is 5.55. The Balaban J connectivity index is 1.46. The van der Waals surface area contributed by atoms with Gasteiger partial charge in [-0.25, -0.2) is 9.78 Å². The number of alkyl halides is 6. The number of carbonyl (C=O) groups excluding carboxylic acids is 2. The van der Waals surface area contributed by atoms with Gasteiger partial charge in [-0.3, -0.25) is 14.7 Å². The summed E-state index contributed by atoms with van der Waals surface area (Å²) in [6, 6.07) is 10.3. The molecule has 0 aliphatic carbocycles. The van der Waals surface area contributed by atoms with Crippen LogP contribution in [0.5, 0.6) is 17.4 Å². The third-order valence-corrected chi connectivity index (χ3v) is 7.18. The van der Waals surface area contributed by atoms with Crippen molar-refractivity contribution in [3.63, 3.8) is 0 Å². The fourth-order valence-electron chi connectivity index (χ4n) is 4.63. The number of hydrogen-bond donors (Lipinski definition) is 2. The van der Waals surface area contributed by atoms with Crippen LogP contribution in [0.3, 0.4) is 0 Å². The number of aromatic nitrogens is 2. The van der Waals surface area contributed by atoms with Gasteiger partial charge in [-0.05, 0) is 55.7 Å². The van der Waals surface area contributed by atoms with Crippen LogP contribution >= 0.6 is 0 Å². The van der Waals surface area contributed by atoms with Gasteiger partial charge in [-0.15, -0.1) is 0 Å². The molecule has 1 unspecified atom stereocenters. The lowest BCUT2D eigenvalue weighted by Gasteiger charge is -2.32. The van der Waals surface area contributed by atoms with Crippen molar-refractivity contribution in [2.24, 2.45) is 0 Å². The zero-order chi connectivity index (χ0) is 32.5. The van der Waals surface area contributed by atoms with Gasteiger partial charge in [0.25, 0.3) is 11.5 Å². The Bertz CT molecular complexity index is 1500. The molecule has 1 aliphatic heterocycles. The molecule has 1 fully saturated rings. The van der Waals surface area contributed by atoms with Gasteiger partial charge in [0.1, 0.15) is 17.0 Å². The summed E-state index contributed by atoms with van der Waals surface area (Å²) in [5.74, 6) is 0.0129. The smallest absolute Gasteiger partial charge is 0.432 e. The van der Waals surface area contributed by atoms with Crippen LogP contribution in [0, 0.1) is 0 Å². The number of rotatable bonds is 10. The molecule has 3 heterocycles. The maximum Gasteiger partial charge on any atom is 0.432 e. The van der Waals surface area contributed by atoms with E-state index in [-0.39, 0.29) is 36.6 Å². The zero-order valence-corrected chi connectivity index (χ0v) is 23.7. The van der Waals surface area contributed by atoms with E-state index >= 15 is 0 Å². The van der Waals surface area contributed by atoms with Crippen LogP contribution in [0.4, 0.5) is 31.1 Å². The number of ether oxygens (including phenoxy) is 2. The minimum Gasteiger partial charge on any atom is -0.481 e. The molecule has 0 spiro atoms. The number of nitrogens with zero attached hydrogens (tertiary/aromatic N) is 3. The monoisotopic (exact) mass is 626 g/mol. The lowest BCUT2D eigenvalue weighted by Crippen LogP contribution is -2.54. The van der Waals surface area contributed by atoms with Gasteiger partial charge < -0.3 is 19.9 Å². The van der Waals surface area contributed by atoms with Crippen molar-refractivity contribution in [2.75, 3.05) is 13.7 Å². The average Bonchev–Trinajstić information content (AvgIpc) is 3.19. The van der Waals surface area contributed by atoms with Gasteiger partial charge in [0, 0.05) is 24.4 Å². The Morgan fingerprint density at radius 1 is 0.955 bits per heavy atom. The van der Waals surface area contributed by atoms with E-state index in [0.717, 1.165) is 11.0 Å². The van der Waals surface area contributed by atoms with Gasteiger partial charge >= 0.3 is 18.4 Å². The quantitative estimate of drug-likeness (QED) is 0.224. The van der Waals surface area contributed by atoms with Crippen molar-refractivity contribution in [1.29, 1.82) is 0 Å². The van der Waals surface area contributed by atoms with Crippen molar-refractivity contribution in [3.8, 4) is 17.4 Å². The van der Waals surface area contributed by atoms with Crippen LogP contribution in [0.15, 0.2) is 54.7 Å². The summed E-state index contributed by atoms with van der Waals surface area (Å²) in [5.41, 5.74) is -7.09. The largest absolute Gasteiger partial charge is 0.481 e. The highest BCUT2D eigenvalue weighted by molar-refractivity contribution is 6.07. The molecule has 1 saturated heterocycles. The molecule has 1 aliphatic rings. The normalized spacial score (nSPS) is 17.5. The molecule has 2 aromatic heterocycles. The van der Waals surface area contributed by atoms with Crippen molar-refractivity contribution in [1.82, 2.24) is 20.2 Å². The number of hydrogen-bond acceptors (Lipinski definition) is 7. The molecule has 3 amide bonds. The van der Waals surface area contributed by atoms with E-state index in [1.807, 2.05) is 0 Å². The standard InChI is InChI=1S/C29H28F6N4O5/c1-4-5-20-21(11-12-22(37-20)27(42,28(30,31)32)29(33,34)35)44-19-9-6-17(7-10-19)14-15-39-24(40)26(2,38-25(39)41)18-8-13-23(43-3)36-16-18/h6-13,16,42H,4-5,14-15H2,1-3H3,(H,38,41). The maximum absolute atomic E-state index is 13.3. The van der Waals surface area contributed by atoms with Crippen LogP contribution in [0.1, 0.15) is 42.8 Å². The van der Waals surface area contributed by atoms with Crippen LogP contribution in [0.2, 0.25) is 0 Å². The molecule has 4 rings (SSSR count). The molecular weight excluding hydrogens is 598 g/mol. The van der Waals surface area contributed by atoms with Crippen molar-refractivity contribution in [3.05, 3.63) is 77.2 Å². The second-order valence-corrected chi connectivity index (χ2v) is 10.2. The van der Waals surface area contributed by atoms with Crippen LogP contribution in [-0.4, -0.2) is 57.9 Å². The highest BCUT2D eigenvalue weighted by atomic mass is 19.4. The van der Waals surface area contributed by atoms with Gasteiger partial charge in [0.2, 0.25) is 5.88 Å². The van der Waals surface area contributed by atoms with Gasteiger partial charge in [-0.1, -0.05) is 25.5 Å². The minimum atomic E-state index is -6.06. The van der Waals surface area contributed by atoms with Crippen molar-refractivity contribution < 1.29 is 50.5 Å². The minimum absolute atomic E-state index is 0.0233. The SMILES string of the molecule is CCCc1nc(C(O)(C(F)(F)F)C(F)(F)F)ccc1Oc1ccc(CCN2C(=O)NC(C)(c3ccc(OC)nc3)C2=O)cc1. The molecule has 44 heavy (non-hydrogen) atoms. The third-order valence-electron chi connectivity index (χ3n) is 7.18. The third kappa shape index (κ3) is 6.00. The first-order valence-corrected chi connectivity index (χ1v) is 13.3. The molecule has 1 aromatic carbocycles. The zero-order valence-electron chi connectivity index (χ0n) is 23.7. The Kier molecular flexibility index (Phi) is 8.82. The summed E-state index contributed by atoms with van der Waals surface area (Å²) in [5, 5.41) is 12.4. The number of pyridine rings is 2. The Morgan fingerprint density at radius 2 is 1.61 bits per heavy atom. The number of methoxy groups -OCH3 is 1. The lowest BCUT2D eigenvalue weighted by molar-refractivity contribution is -0.377.